The van der Waals surface area contributed by atoms with E-state index in [0.717, 1.165) is 47.5 Å². The highest BCUT2D eigenvalue weighted by Gasteiger charge is 2.24. The molecule has 4 nitrogen and oxygen atoms in total. The van der Waals surface area contributed by atoms with Gasteiger partial charge in [0.2, 0.25) is 0 Å². The molecule has 2 heterocycles. The highest BCUT2D eigenvalue weighted by atomic mass is 32.1. The fourth-order valence-corrected chi connectivity index (χ4v) is 8.54. The molecule has 2 aliphatic carbocycles. The number of benzene rings is 3. The van der Waals surface area contributed by atoms with Crippen LogP contribution in [0.15, 0.2) is 66.7 Å². The summed E-state index contributed by atoms with van der Waals surface area (Å²) in [5, 5.41) is 10.1. The molecule has 6 N–H and O–H groups in total. The normalized spacial score (nSPS) is 17.6. The van der Waals surface area contributed by atoms with Crippen LogP contribution in [0.4, 0.5) is 17.1 Å². The largest absolute Gasteiger partial charge is 0.378 e. The van der Waals surface area contributed by atoms with Crippen molar-refractivity contribution in [2.45, 2.75) is 51.2 Å². The molecule has 6 heteroatoms. The van der Waals surface area contributed by atoms with E-state index >= 15 is 0 Å². The number of allylic oxidation sites excluding steroid dienone is 1. The number of anilines is 3. The first-order chi connectivity index (χ1) is 19.4. The number of nitrogens with two attached hydrogens (primary N) is 2. The van der Waals surface area contributed by atoms with E-state index in [4.69, 9.17) is 11.5 Å². The van der Waals surface area contributed by atoms with E-state index in [0.29, 0.717) is 0 Å². The van der Waals surface area contributed by atoms with Gasteiger partial charge in [0.1, 0.15) is 0 Å². The lowest BCUT2D eigenvalue weighted by Gasteiger charge is -2.26. The van der Waals surface area contributed by atoms with E-state index in [9.17, 15) is 0 Å². The molecule has 0 fully saturated rings. The minimum absolute atomic E-state index is 0.119. The third-order valence-corrected chi connectivity index (χ3v) is 10.5. The predicted octanol–water partition coefficient (Wildman–Crippen LogP) is 8.91. The number of thiophene rings is 2. The van der Waals surface area contributed by atoms with Crippen LogP contribution in [0.5, 0.6) is 0 Å². The standard InChI is InChI=1S/C34H34N4S2/c1-19(35)27-17-28(20(2)36)30(38-22-12-14-26-24-8-4-6-10-32(24)40-34(26)16-22)18-29(27)37-21-11-13-25-23-7-3-5-9-31(23)39-33(25)15-21/h3,5-7,9-15,17-20,22,37-38H,4,8,16,35-36H2,1-2H3. The maximum Gasteiger partial charge on any atom is 0.0496 e. The quantitative estimate of drug-likeness (QED) is 0.167. The van der Waals surface area contributed by atoms with Gasteiger partial charge >= 0.3 is 0 Å². The van der Waals surface area contributed by atoms with Gasteiger partial charge in [0.25, 0.3) is 0 Å². The van der Waals surface area contributed by atoms with E-state index in [1.54, 1.807) is 0 Å². The van der Waals surface area contributed by atoms with Crippen LogP contribution in [-0.4, -0.2) is 6.04 Å². The molecule has 0 aliphatic heterocycles. The van der Waals surface area contributed by atoms with Crippen molar-refractivity contribution in [3.63, 3.8) is 0 Å². The smallest absolute Gasteiger partial charge is 0.0496 e. The Kier molecular flexibility index (Phi) is 6.51. The lowest BCUT2D eigenvalue weighted by Crippen LogP contribution is -2.24. The Balaban J connectivity index is 1.22. The summed E-state index contributed by atoms with van der Waals surface area (Å²) in [5.74, 6) is 0. The van der Waals surface area contributed by atoms with Crippen molar-refractivity contribution >= 4 is 72.1 Å². The lowest BCUT2D eigenvalue weighted by molar-refractivity contribution is 0.785. The Morgan fingerprint density at radius 1 is 0.850 bits per heavy atom. The zero-order chi connectivity index (χ0) is 27.4. The Morgan fingerprint density at radius 2 is 1.65 bits per heavy atom. The zero-order valence-electron chi connectivity index (χ0n) is 22.8. The van der Waals surface area contributed by atoms with Crippen molar-refractivity contribution in [2.75, 3.05) is 10.6 Å². The molecular weight excluding hydrogens is 529 g/mol. The zero-order valence-corrected chi connectivity index (χ0v) is 24.5. The fourth-order valence-electron chi connectivity index (χ4n) is 6.06. The van der Waals surface area contributed by atoms with Gasteiger partial charge in [-0.25, -0.2) is 0 Å². The van der Waals surface area contributed by atoms with Crippen LogP contribution in [-0.2, 0) is 12.8 Å². The number of hydrogen-bond donors (Lipinski definition) is 4. The van der Waals surface area contributed by atoms with Crippen LogP contribution in [0, 0.1) is 0 Å². The van der Waals surface area contributed by atoms with Crippen LogP contribution in [0.1, 0.15) is 64.4 Å². The highest BCUT2D eigenvalue weighted by Crippen LogP contribution is 2.40. The molecule has 0 radical (unpaired) electrons. The van der Waals surface area contributed by atoms with Gasteiger partial charge in [-0.05, 0) is 85.4 Å². The number of hydrogen-bond acceptors (Lipinski definition) is 6. The SMILES string of the molecule is CC(N)c1cc(C(C)N)c(NC2C=Cc3c(sc4c3CCC=C4)C2)cc1Nc1ccc2c(c1)sc1ccccc12. The van der Waals surface area contributed by atoms with Crippen molar-refractivity contribution in [2.24, 2.45) is 11.5 Å². The van der Waals surface area contributed by atoms with E-state index in [1.807, 2.05) is 36.5 Å². The summed E-state index contributed by atoms with van der Waals surface area (Å²) in [6, 6.07) is 19.6. The maximum absolute atomic E-state index is 6.51. The first-order valence-corrected chi connectivity index (χ1v) is 15.7. The summed E-state index contributed by atoms with van der Waals surface area (Å²) >= 11 is 3.77. The summed E-state index contributed by atoms with van der Waals surface area (Å²) in [4.78, 5) is 2.90. The monoisotopic (exact) mass is 562 g/mol. The number of rotatable bonds is 6. The van der Waals surface area contributed by atoms with Crippen molar-refractivity contribution < 1.29 is 0 Å². The van der Waals surface area contributed by atoms with E-state index in [1.165, 1.54) is 41.1 Å². The van der Waals surface area contributed by atoms with Crippen LogP contribution < -0.4 is 22.1 Å². The molecule has 5 aromatic rings. The second kappa shape index (κ2) is 10.2. The molecule has 3 aromatic carbocycles. The minimum atomic E-state index is -0.135. The van der Waals surface area contributed by atoms with Gasteiger partial charge in [0.05, 0.1) is 0 Å². The molecule has 0 amide bonds. The summed E-state index contributed by atoms with van der Waals surface area (Å²) in [5.41, 5.74) is 21.3. The summed E-state index contributed by atoms with van der Waals surface area (Å²) in [6.07, 6.45) is 12.5. The van der Waals surface area contributed by atoms with Crippen molar-refractivity contribution in [3.05, 3.63) is 98.8 Å². The van der Waals surface area contributed by atoms with Crippen LogP contribution in [0.2, 0.25) is 0 Å². The Bertz CT molecular complexity index is 1800. The third kappa shape index (κ3) is 4.55. The summed E-state index contributed by atoms with van der Waals surface area (Å²) in [7, 11) is 0. The van der Waals surface area contributed by atoms with Gasteiger partial charge in [-0.2, -0.15) is 0 Å². The van der Waals surface area contributed by atoms with Gasteiger partial charge in [-0.15, -0.1) is 22.7 Å². The number of nitrogens with one attached hydrogen (secondary N) is 2. The van der Waals surface area contributed by atoms with Gasteiger partial charge in [-0.3, -0.25) is 0 Å². The van der Waals surface area contributed by atoms with Gasteiger partial charge in [-0.1, -0.05) is 42.5 Å². The molecule has 3 atom stereocenters. The Hall–Kier alpha value is -3.42. The van der Waals surface area contributed by atoms with E-state index < -0.39 is 0 Å². The Labute approximate surface area is 243 Å². The first kappa shape index (κ1) is 25.5. The topological polar surface area (TPSA) is 76.1 Å². The molecule has 0 saturated heterocycles. The van der Waals surface area contributed by atoms with Crippen LogP contribution >= 0.6 is 22.7 Å². The van der Waals surface area contributed by atoms with Gasteiger partial charge < -0.3 is 22.1 Å². The van der Waals surface area contributed by atoms with Crippen molar-refractivity contribution in [3.8, 4) is 0 Å². The molecule has 0 saturated carbocycles. The van der Waals surface area contributed by atoms with Crippen LogP contribution in [0.3, 0.4) is 0 Å². The fraction of sp³-hybridized carbons (Fsp3) is 0.235. The molecule has 0 bridgehead atoms. The second-order valence-corrected chi connectivity index (χ2v) is 13.3. The average Bonchev–Trinajstić information content (AvgIpc) is 3.50. The molecule has 3 unspecified atom stereocenters. The minimum Gasteiger partial charge on any atom is -0.378 e. The number of fused-ring (bicyclic) bond motifs is 6. The summed E-state index contributed by atoms with van der Waals surface area (Å²) in [6.45, 7) is 4.08. The highest BCUT2D eigenvalue weighted by molar-refractivity contribution is 7.25. The second-order valence-electron chi connectivity index (χ2n) is 11.1. The Morgan fingerprint density at radius 3 is 2.50 bits per heavy atom. The van der Waals surface area contributed by atoms with Crippen LogP contribution in [0.25, 0.3) is 32.3 Å². The van der Waals surface area contributed by atoms with E-state index in [-0.39, 0.29) is 18.1 Å². The molecule has 0 spiro atoms. The third-order valence-electron chi connectivity index (χ3n) is 8.09. The van der Waals surface area contributed by atoms with Crippen molar-refractivity contribution in [1.29, 1.82) is 0 Å². The molecular formula is C34H34N4S2. The van der Waals surface area contributed by atoms with Gasteiger partial charge in [0, 0.05) is 71.5 Å². The molecule has 202 valence electrons. The molecule has 2 aliphatic rings. The van der Waals surface area contributed by atoms with Crippen molar-refractivity contribution in [1.82, 2.24) is 0 Å². The maximum atomic E-state index is 6.51. The lowest BCUT2D eigenvalue weighted by atomic mass is 9.93. The summed E-state index contributed by atoms with van der Waals surface area (Å²) < 4.78 is 2.58. The van der Waals surface area contributed by atoms with Gasteiger partial charge in [0.15, 0.2) is 0 Å². The molecule has 40 heavy (non-hydrogen) atoms. The first-order valence-electron chi connectivity index (χ1n) is 14.1. The molecule has 7 rings (SSSR count). The predicted molar refractivity (Wildman–Crippen MR) is 176 cm³/mol. The average molecular weight is 563 g/mol. The van der Waals surface area contributed by atoms with E-state index in [2.05, 4.69) is 89.5 Å². The molecule has 2 aromatic heterocycles.